The molecule has 0 radical (unpaired) electrons. The monoisotopic (exact) mass is 1100 g/mol. The van der Waals surface area contributed by atoms with Gasteiger partial charge in [0.05, 0.1) is 25.4 Å². The van der Waals surface area contributed by atoms with E-state index in [1.807, 2.05) is 6.08 Å². The molecule has 6 heteroatoms. The standard InChI is InChI=1S/C72H141NO5/c1-3-5-7-9-11-13-15-16-38-41-45-48-52-56-60-64-70(75)69(68-74)73-71(76)65-61-57-53-49-46-42-39-36-34-32-30-28-26-24-22-20-18-17-19-21-23-25-27-29-31-33-35-37-40-43-47-51-55-59-63-67-78-72(77)66-62-58-54-50-44-14-12-10-8-6-4-2/h60,64,69-70,74-75H,3-59,61-63,65-68H2,1-2H3,(H,73,76)/b64-60+. The molecule has 0 aromatic rings. The van der Waals surface area contributed by atoms with Crippen LogP contribution < -0.4 is 5.32 Å². The molecular weight excluding hydrogens is 959 g/mol. The van der Waals surface area contributed by atoms with E-state index in [1.165, 1.54) is 347 Å². The molecule has 0 bridgehead atoms. The van der Waals surface area contributed by atoms with Gasteiger partial charge >= 0.3 is 5.97 Å². The molecule has 0 spiro atoms. The van der Waals surface area contributed by atoms with Crippen molar-refractivity contribution in [3.05, 3.63) is 12.2 Å². The minimum Gasteiger partial charge on any atom is -0.466 e. The van der Waals surface area contributed by atoms with Gasteiger partial charge in [-0.3, -0.25) is 9.59 Å². The van der Waals surface area contributed by atoms with Gasteiger partial charge in [-0.1, -0.05) is 379 Å². The number of aliphatic hydroxyl groups excluding tert-OH is 2. The number of rotatable bonds is 68. The highest BCUT2D eigenvalue weighted by Gasteiger charge is 2.18. The Hall–Kier alpha value is -1.40. The molecule has 6 nitrogen and oxygen atoms in total. The molecule has 0 aromatic carbocycles. The smallest absolute Gasteiger partial charge is 0.305 e. The molecule has 0 heterocycles. The largest absolute Gasteiger partial charge is 0.466 e. The van der Waals surface area contributed by atoms with Crippen molar-refractivity contribution in [2.24, 2.45) is 0 Å². The van der Waals surface area contributed by atoms with E-state index in [-0.39, 0.29) is 18.5 Å². The molecule has 464 valence electrons. The first kappa shape index (κ1) is 76.6. The van der Waals surface area contributed by atoms with Gasteiger partial charge in [-0.05, 0) is 32.1 Å². The van der Waals surface area contributed by atoms with E-state index in [1.54, 1.807) is 6.08 Å². The summed E-state index contributed by atoms with van der Waals surface area (Å²) in [6.07, 6.45) is 84.6. The zero-order valence-electron chi connectivity index (χ0n) is 53.2. The third-order valence-corrected chi connectivity index (χ3v) is 17.1. The Bertz CT molecular complexity index is 1180. The van der Waals surface area contributed by atoms with Crippen LogP contribution >= 0.6 is 0 Å². The Labute approximate surface area is 489 Å². The van der Waals surface area contributed by atoms with Crippen LogP contribution in [0.15, 0.2) is 12.2 Å². The Kier molecular flexibility index (Phi) is 66.9. The van der Waals surface area contributed by atoms with E-state index >= 15 is 0 Å². The number of carbonyl (C=O) groups is 2. The average molecular weight is 1100 g/mol. The summed E-state index contributed by atoms with van der Waals surface area (Å²) in [7, 11) is 0. The summed E-state index contributed by atoms with van der Waals surface area (Å²) in [6, 6.07) is -0.623. The number of ether oxygens (including phenoxy) is 1. The molecular formula is C72H141NO5. The van der Waals surface area contributed by atoms with Crippen molar-refractivity contribution in [3.63, 3.8) is 0 Å². The number of hydrogen-bond donors (Lipinski definition) is 3. The number of unbranched alkanes of at least 4 members (excludes halogenated alkanes) is 57. The normalized spacial score (nSPS) is 12.5. The highest BCUT2D eigenvalue weighted by Crippen LogP contribution is 2.19. The number of aliphatic hydroxyl groups is 2. The van der Waals surface area contributed by atoms with E-state index < -0.39 is 12.1 Å². The first-order valence-corrected chi connectivity index (χ1v) is 36.0. The van der Waals surface area contributed by atoms with Gasteiger partial charge in [0.25, 0.3) is 0 Å². The minimum atomic E-state index is -0.839. The summed E-state index contributed by atoms with van der Waals surface area (Å²) < 4.78 is 5.48. The van der Waals surface area contributed by atoms with E-state index in [4.69, 9.17) is 4.74 Å². The number of carbonyl (C=O) groups excluding carboxylic acids is 2. The summed E-state index contributed by atoms with van der Waals surface area (Å²) >= 11 is 0. The predicted octanol–water partition coefficient (Wildman–Crippen LogP) is 23.1. The number of allylic oxidation sites excluding steroid dienone is 1. The molecule has 0 aliphatic rings. The molecule has 0 saturated carbocycles. The molecule has 0 aromatic heterocycles. The zero-order chi connectivity index (χ0) is 56.4. The van der Waals surface area contributed by atoms with Gasteiger partial charge in [-0.15, -0.1) is 0 Å². The van der Waals surface area contributed by atoms with Crippen molar-refractivity contribution in [1.29, 1.82) is 0 Å². The number of amides is 1. The van der Waals surface area contributed by atoms with Crippen molar-refractivity contribution in [3.8, 4) is 0 Å². The fraction of sp³-hybridized carbons (Fsp3) is 0.944. The van der Waals surface area contributed by atoms with E-state index in [0.717, 1.165) is 38.5 Å². The van der Waals surface area contributed by atoms with E-state index in [9.17, 15) is 19.8 Å². The SMILES string of the molecule is CCCCCCCCCCCCCCC/C=C/C(O)C(CO)NC(=O)CCCCCCCCCCCCCCCCCCCCCCCCCCCCCCCCCCCCCOC(=O)CCCCCCCCCCCCC. The van der Waals surface area contributed by atoms with Crippen LogP contribution in [0.5, 0.6) is 0 Å². The van der Waals surface area contributed by atoms with Crippen LogP contribution in [0, 0.1) is 0 Å². The van der Waals surface area contributed by atoms with Crippen molar-refractivity contribution in [2.75, 3.05) is 13.2 Å². The zero-order valence-corrected chi connectivity index (χ0v) is 53.2. The Morgan fingerprint density at radius 1 is 0.346 bits per heavy atom. The highest BCUT2D eigenvalue weighted by molar-refractivity contribution is 5.76. The second kappa shape index (κ2) is 68.1. The van der Waals surface area contributed by atoms with Gasteiger partial charge in [0.1, 0.15) is 0 Å². The van der Waals surface area contributed by atoms with Gasteiger partial charge in [-0.2, -0.15) is 0 Å². The van der Waals surface area contributed by atoms with Crippen LogP contribution in [-0.4, -0.2) is 47.4 Å². The fourth-order valence-corrected chi connectivity index (χ4v) is 11.6. The van der Waals surface area contributed by atoms with Crippen LogP contribution in [0.1, 0.15) is 412 Å². The molecule has 3 N–H and O–H groups in total. The summed E-state index contributed by atoms with van der Waals surface area (Å²) in [6.45, 7) is 4.94. The van der Waals surface area contributed by atoms with Crippen molar-refractivity contribution in [2.45, 2.75) is 424 Å². The van der Waals surface area contributed by atoms with Crippen LogP contribution in [0.25, 0.3) is 0 Å². The molecule has 0 fully saturated rings. The number of nitrogens with one attached hydrogen (secondary N) is 1. The van der Waals surface area contributed by atoms with Crippen LogP contribution in [0.3, 0.4) is 0 Å². The summed E-state index contributed by atoms with van der Waals surface area (Å²) in [5.74, 6) is -0.0369. The van der Waals surface area contributed by atoms with Crippen molar-refractivity contribution in [1.82, 2.24) is 5.32 Å². The maximum atomic E-state index is 12.5. The van der Waals surface area contributed by atoms with E-state index in [2.05, 4.69) is 19.2 Å². The van der Waals surface area contributed by atoms with Crippen LogP contribution in [0.2, 0.25) is 0 Å². The lowest BCUT2D eigenvalue weighted by Crippen LogP contribution is -2.45. The van der Waals surface area contributed by atoms with Gasteiger partial charge in [0.15, 0.2) is 0 Å². The Morgan fingerprint density at radius 2 is 0.590 bits per heavy atom. The van der Waals surface area contributed by atoms with Crippen LogP contribution in [0.4, 0.5) is 0 Å². The molecule has 0 aliphatic carbocycles. The highest BCUT2D eigenvalue weighted by atomic mass is 16.5. The predicted molar refractivity (Wildman–Crippen MR) is 343 cm³/mol. The van der Waals surface area contributed by atoms with Gasteiger partial charge in [0, 0.05) is 12.8 Å². The first-order chi connectivity index (χ1) is 38.5. The third kappa shape index (κ3) is 63.8. The van der Waals surface area contributed by atoms with Crippen molar-refractivity contribution < 1.29 is 24.5 Å². The molecule has 2 unspecified atom stereocenters. The molecule has 1 amide bonds. The number of esters is 1. The fourth-order valence-electron chi connectivity index (χ4n) is 11.6. The van der Waals surface area contributed by atoms with Gasteiger partial charge < -0.3 is 20.3 Å². The van der Waals surface area contributed by atoms with Crippen LogP contribution in [-0.2, 0) is 14.3 Å². The average Bonchev–Trinajstić information content (AvgIpc) is 3.44. The quantitative estimate of drug-likeness (QED) is 0.0320. The molecule has 0 saturated heterocycles. The maximum Gasteiger partial charge on any atom is 0.305 e. The second-order valence-corrected chi connectivity index (χ2v) is 24.9. The third-order valence-electron chi connectivity index (χ3n) is 17.1. The van der Waals surface area contributed by atoms with Gasteiger partial charge in [-0.25, -0.2) is 0 Å². The number of hydrogen-bond acceptors (Lipinski definition) is 5. The van der Waals surface area contributed by atoms with Gasteiger partial charge in [0.2, 0.25) is 5.91 Å². The van der Waals surface area contributed by atoms with E-state index in [0.29, 0.717) is 19.4 Å². The maximum absolute atomic E-state index is 12.5. The first-order valence-electron chi connectivity index (χ1n) is 36.0. The molecule has 78 heavy (non-hydrogen) atoms. The lowest BCUT2D eigenvalue weighted by atomic mass is 10.0. The molecule has 0 rings (SSSR count). The lowest BCUT2D eigenvalue weighted by molar-refractivity contribution is -0.143. The second-order valence-electron chi connectivity index (χ2n) is 24.9. The lowest BCUT2D eigenvalue weighted by Gasteiger charge is -2.20. The molecule has 2 atom stereocenters. The summed E-state index contributed by atoms with van der Waals surface area (Å²) in [4.78, 5) is 24.5. The Balaban J connectivity index is 3.31. The minimum absolute atomic E-state index is 0.0228. The van der Waals surface area contributed by atoms with Crippen molar-refractivity contribution >= 4 is 11.9 Å². The molecule has 0 aliphatic heterocycles. The summed E-state index contributed by atoms with van der Waals surface area (Å²) in [5.41, 5.74) is 0. The summed E-state index contributed by atoms with van der Waals surface area (Å²) in [5, 5.41) is 23.2. The Morgan fingerprint density at radius 3 is 0.872 bits per heavy atom. The topological polar surface area (TPSA) is 95.9 Å².